The number of anilines is 2. The van der Waals surface area contributed by atoms with E-state index in [4.69, 9.17) is 11.5 Å². The zero-order valence-electron chi connectivity index (χ0n) is 13.8. The predicted octanol–water partition coefficient (Wildman–Crippen LogP) is 2.03. The fourth-order valence-corrected chi connectivity index (χ4v) is 2.91. The highest BCUT2D eigenvalue weighted by Crippen LogP contribution is 2.22. The Kier molecular flexibility index (Phi) is 6.36. The van der Waals surface area contributed by atoms with Crippen LogP contribution in [-0.2, 0) is 4.79 Å². The van der Waals surface area contributed by atoms with Crippen molar-refractivity contribution in [1.82, 2.24) is 20.3 Å². The van der Waals surface area contributed by atoms with E-state index in [1.54, 1.807) is 0 Å². The zero-order chi connectivity index (χ0) is 17.5. The maximum Gasteiger partial charge on any atom is 0.230 e. The van der Waals surface area contributed by atoms with Gasteiger partial charge in [-0.25, -0.2) is 0 Å². The monoisotopic (exact) mass is 346 g/mol. The summed E-state index contributed by atoms with van der Waals surface area (Å²) >= 11 is 1.18. The van der Waals surface area contributed by atoms with E-state index in [0.29, 0.717) is 11.1 Å². The Bertz CT molecular complexity index is 659. The predicted molar refractivity (Wildman–Crippen MR) is 96.2 cm³/mol. The first-order valence-corrected chi connectivity index (χ1v) is 8.66. The van der Waals surface area contributed by atoms with Gasteiger partial charge in [-0.3, -0.25) is 4.79 Å². The van der Waals surface area contributed by atoms with Gasteiger partial charge in [-0.1, -0.05) is 55.9 Å². The van der Waals surface area contributed by atoms with E-state index in [1.807, 2.05) is 30.3 Å². The Balaban J connectivity index is 1.97. The Morgan fingerprint density at radius 1 is 1.12 bits per heavy atom. The first kappa shape index (κ1) is 18.0. The summed E-state index contributed by atoms with van der Waals surface area (Å²) in [5.74, 6) is 0.655. The van der Waals surface area contributed by atoms with Crippen LogP contribution in [0.2, 0.25) is 0 Å². The molecule has 0 saturated carbocycles. The fourth-order valence-electron chi connectivity index (χ4n) is 2.25. The van der Waals surface area contributed by atoms with Gasteiger partial charge in [-0.2, -0.15) is 15.0 Å². The van der Waals surface area contributed by atoms with Crippen LogP contribution in [0.4, 0.5) is 11.9 Å². The normalized spacial score (nSPS) is 12.1. The molecule has 0 spiro atoms. The van der Waals surface area contributed by atoms with Crippen molar-refractivity contribution < 1.29 is 4.79 Å². The van der Waals surface area contributed by atoms with E-state index in [-0.39, 0.29) is 29.6 Å². The number of carbonyl (C=O) groups is 1. The molecule has 128 valence electrons. The molecule has 8 heteroatoms. The summed E-state index contributed by atoms with van der Waals surface area (Å²) in [5, 5.41) is 3.41. The van der Waals surface area contributed by atoms with Gasteiger partial charge in [0.25, 0.3) is 0 Å². The number of nitrogens with one attached hydrogen (secondary N) is 1. The molecule has 7 nitrogen and oxygen atoms in total. The highest BCUT2D eigenvalue weighted by Gasteiger charge is 2.16. The van der Waals surface area contributed by atoms with Crippen molar-refractivity contribution in [3.8, 4) is 0 Å². The molecule has 0 aliphatic heterocycles. The van der Waals surface area contributed by atoms with E-state index < -0.39 is 0 Å². The molecule has 0 fully saturated rings. The van der Waals surface area contributed by atoms with Crippen LogP contribution in [0.25, 0.3) is 0 Å². The SMILES string of the molecule is CC(C)C[C@@H](NC(=O)CSc1nc(N)nc(N)n1)c1ccccc1. The molecule has 0 aliphatic rings. The number of amides is 1. The van der Waals surface area contributed by atoms with Gasteiger partial charge in [-0.15, -0.1) is 0 Å². The summed E-state index contributed by atoms with van der Waals surface area (Å²) < 4.78 is 0. The van der Waals surface area contributed by atoms with E-state index in [9.17, 15) is 4.79 Å². The van der Waals surface area contributed by atoms with Crippen LogP contribution < -0.4 is 16.8 Å². The number of rotatable bonds is 7. The summed E-state index contributed by atoms with van der Waals surface area (Å²) in [4.78, 5) is 23.9. The van der Waals surface area contributed by atoms with Gasteiger partial charge in [-0.05, 0) is 17.9 Å². The number of nitrogen functional groups attached to an aromatic ring is 2. The molecule has 0 radical (unpaired) electrons. The van der Waals surface area contributed by atoms with Crippen molar-refractivity contribution in [3.63, 3.8) is 0 Å². The highest BCUT2D eigenvalue weighted by atomic mass is 32.2. The average Bonchev–Trinajstić information content (AvgIpc) is 2.52. The van der Waals surface area contributed by atoms with Crippen LogP contribution in [0.3, 0.4) is 0 Å². The van der Waals surface area contributed by atoms with Gasteiger partial charge < -0.3 is 16.8 Å². The molecular formula is C16H22N6OS. The lowest BCUT2D eigenvalue weighted by atomic mass is 9.97. The quantitative estimate of drug-likeness (QED) is 0.656. The number of carbonyl (C=O) groups excluding carboxylic acids is 1. The second-order valence-electron chi connectivity index (χ2n) is 5.78. The molecule has 2 rings (SSSR count). The first-order chi connectivity index (χ1) is 11.4. The van der Waals surface area contributed by atoms with E-state index in [2.05, 4.69) is 34.1 Å². The number of nitrogens with two attached hydrogens (primary N) is 2. The number of aromatic nitrogens is 3. The lowest BCUT2D eigenvalue weighted by Gasteiger charge is -2.21. The Morgan fingerprint density at radius 2 is 1.75 bits per heavy atom. The first-order valence-electron chi connectivity index (χ1n) is 7.68. The Labute approximate surface area is 145 Å². The third kappa shape index (κ3) is 5.69. The molecule has 1 aromatic heterocycles. The topological polar surface area (TPSA) is 120 Å². The van der Waals surface area contributed by atoms with Crippen LogP contribution in [0.1, 0.15) is 31.9 Å². The third-order valence-corrected chi connectivity index (χ3v) is 4.07. The number of hydrogen-bond acceptors (Lipinski definition) is 7. The summed E-state index contributed by atoms with van der Waals surface area (Å²) in [5.41, 5.74) is 12.1. The zero-order valence-corrected chi connectivity index (χ0v) is 14.6. The molecule has 5 N–H and O–H groups in total. The summed E-state index contributed by atoms with van der Waals surface area (Å²) in [7, 11) is 0. The van der Waals surface area contributed by atoms with E-state index >= 15 is 0 Å². The van der Waals surface area contributed by atoms with Gasteiger partial charge in [0.1, 0.15) is 0 Å². The maximum atomic E-state index is 12.3. The number of benzene rings is 1. The molecular weight excluding hydrogens is 324 g/mol. The summed E-state index contributed by atoms with van der Waals surface area (Å²) in [6.07, 6.45) is 0.867. The number of nitrogens with zero attached hydrogens (tertiary/aromatic N) is 3. The molecule has 0 unspecified atom stereocenters. The molecule has 0 aliphatic carbocycles. The second kappa shape index (κ2) is 8.49. The lowest BCUT2D eigenvalue weighted by molar-refractivity contribution is -0.119. The summed E-state index contributed by atoms with van der Waals surface area (Å²) in [6, 6.07) is 9.93. The third-order valence-electron chi connectivity index (χ3n) is 3.23. The van der Waals surface area contributed by atoms with Gasteiger partial charge in [0.2, 0.25) is 17.8 Å². The Hall–Kier alpha value is -2.35. The van der Waals surface area contributed by atoms with Crippen molar-refractivity contribution in [2.24, 2.45) is 5.92 Å². The van der Waals surface area contributed by atoms with Crippen LogP contribution in [0.5, 0.6) is 0 Å². The van der Waals surface area contributed by atoms with Crippen LogP contribution in [0.15, 0.2) is 35.5 Å². The minimum atomic E-state index is -0.0907. The van der Waals surface area contributed by atoms with Crippen molar-refractivity contribution >= 4 is 29.6 Å². The average molecular weight is 346 g/mol. The minimum Gasteiger partial charge on any atom is -0.368 e. The van der Waals surface area contributed by atoms with E-state index in [0.717, 1.165) is 12.0 Å². The smallest absolute Gasteiger partial charge is 0.230 e. The molecule has 1 atom stereocenters. The molecule has 1 heterocycles. The molecule has 1 amide bonds. The molecule has 24 heavy (non-hydrogen) atoms. The Morgan fingerprint density at radius 3 is 2.33 bits per heavy atom. The van der Waals surface area contributed by atoms with Gasteiger partial charge in [0.15, 0.2) is 5.16 Å². The van der Waals surface area contributed by atoms with Gasteiger partial charge in [0.05, 0.1) is 11.8 Å². The largest absolute Gasteiger partial charge is 0.368 e. The molecule has 0 bridgehead atoms. The van der Waals surface area contributed by atoms with Crippen molar-refractivity contribution in [2.75, 3.05) is 17.2 Å². The second-order valence-corrected chi connectivity index (χ2v) is 6.73. The molecule has 1 aromatic carbocycles. The molecule has 2 aromatic rings. The van der Waals surface area contributed by atoms with Crippen LogP contribution in [0, 0.1) is 5.92 Å². The lowest BCUT2D eigenvalue weighted by Crippen LogP contribution is -2.31. The standard InChI is InChI=1S/C16H22N6OS/c1-10(2)8-12(11-6-4-3-5-7-11)19-13(23)9-24-16-21-14(17)20-15(18)22-16/h3-7,10,12H,8-9H2,1-2H3,(H,19,23)(H4,17,18,20,21,22)/t12-/m1/s1. The van der Waals surface area contributed by atoms with Gasteiger partial charge >= 0.3 is 0 Å². The maximum absolute atomic E-state index is 12.3. The van der Waals surface area contributed by atoms with Crippen molar-refractivity contribution in [3.05, 3.63) is 35.9 Å². The molecule has 0 saturated heterocycles. The fraction of sp³-hybridized carbons (Fsp3) is 0.375. The highest BCUT2D eigenvalue weighted by molar-refractivity contribution is 7.99. The summed E-state index contributed by atoms with van der Waals surface area (Å²) in [6.45, 7) is 4.26. The minimum absolute atomic E-state index is 0.0206. The van der Waals surface area contributed by atoms with Crippen molar-refractivity contribution in [1.29, 1.82) is 0 Å². The van der Waals surface area contributed by atoms with Crippen LogP contribution >= 0.6 is 11.8 Å². The van der Waals surface area contributed by atoms with Gasteiger partial charge in [0, 0.05) is 0 Å². The van der Waals surface area contributed by atoms with Crippen LogP contribution in [-0.4, -0.2) is 26.6 Å². The number of thioether (sulfide) groups is 1. The number of hydrogen-bond donors (Lipinski definition) is 3. The van der Waals surface area contributed by atoms with E-state index in [1.165, 1.54) is 11.8 Å². The van der Waals surface area contributed by atoms with Crippen molar-refractivity contribution in [2.45, 2.75) is 31.5 Å².